The van der Waals surface area contributed by atoms with Gasteiger partial charge in [0, 0.05) is 22.2 Å². The smallest absolute Gasteiger partial charge is 0.236 e. The van der Waals surface area contributed by atoms with Crippen molar-refractivity contribution < 1.29 is 9.59 Å². The van der Waals surface area contributed by atoms with Gasteiger partial charge in [-0.1, -0.05) is 11.6 Å². The molecule has 1 amide bonds. The normalized spacial score (nSPS) is 10.3. The van der Waals surface area contributed by atoms with E-state index in [0.29, 0.717) is 15.8 Å². The monoisotopic (exact) mass is 326 g/mol. The number of nitrogens with one attached hydrogen (secondary N) is 1. The number of nitrogens with zero attached hydrogens (tertiary/aromatic N) is 1. The second-order valence-corrected chi connectivity index (χ2v) is 6.23. The second-order valence-electron chi connectivity index (χ2n) is 3.88. The molecule has 0 atom stereocenters. The van der Waals surface area contributed by atoms with Crippen molar-refractivity contribution in [2.45, 2.75) is 11.8 Å². The van der Waals surface area contributed by atoms with Crippen molar-refractivity contribution in [3.63, 3.8) is 0 Å². The number of thioether (sulfide) groups is 1. The summed E-state index contributed by atoms with van der Waals surface area (Å²) in [5, 5.41) is 5.40. The van der Waals surface area contributed by atoms with E-state index in [1.165, 1.54) is 30.0 Å². The molecular formula is C13H11ClN2O2S2. The van der Waals surface area contributed by atoms with Gasteiger partial charge in [0.2, 0.25) is 5.91 Å². The Morgan fingerprint density at radius 1 is 1.35 bits per heavy atom. The van der Waals surface area contributed by atoms with E-state index in [-0.39, 0.29) is 17.4 Å². The maximum absolute atomic E-state index is 11.8. The molecule has 1 aromatic carbocycles. The minimum Gasteiger partial charge on any atom is -0.301 e. The van der Waals surface area contributed by atoms with Crippen LogP contribution in [0.5, 0.6) is 0 Å². The number of aromatic nitrogens is 1. The van der Waals surface area contributed by atoms with Crippen LogP contribution in [0.2, 0.25) is 5.02 Å². The molecule has 1 heterocycles. The van der Waals surface area contributed by atoms with Crippen LogP contribution in [0.4, 0.5) is 5.13 Å². The Kier molecular flexibility index (Phi) is 5.17. The summed E-state index contributed by atoms with van der Waals surface area (Å²) in [6.07, 6.45) is 0. The first-order valence-corrected chi connectivity index (χ1v) is 7.93. The SMILES string of the molecule is CC(=O)c1csc(NC(=O)CSc2ccc(Cl)cc2)n1. The number of halogens is 1. The summed E-state index contributed by atoms with van der Waals surface area (Å²) in [6, 6.07) is 7.28. The third-order valence-corrected chi connectivity index (χ3v) is 4.32. The molecule has 1 N–H and O–H groups in total. The summed E-state index contributed by atoms with van der Waals surface area (Å²) in [5.41, 5.74) is 0.371. The molecule has 0 saturated carbocycles. The zero-order chi connectivity index (χ0) is 14.5. The van der Waals surface area contributed by atoms with Gasteiger partial charge < -0.3 is 5.32 Å². The van der Waals surface area contributed by atoms with Gasteiger partial charge in [-0.25, -0.2) is 4.98 Å². The van der Waals surface area contributed by atoms with Crippen LogP contribution in [0.15, 0.2) is 34.5 Å². The van der Waals surface area contributed by atoms with Gasteiger partial charge >= 0.3 is 0 Å². The van der Waals surface area contributed by atoms with Gasteiger partial charge in [0.25, 0.3) is 0 Å². The van der Waals surface area contributed by atoms with E-state index in [2.05, 4.69) is 10.3 Å². The number of carbonyl (C=O) groups is 2. The molecule has 0 fully saturated rings. The average molecular weight is 327 g/mol. The Morgan fingerprint density at radius 3 is 2.65 bits per heavy atom. The second kappa shape index (κ2) is 6.88. The molecule has 104 valence electrons. The number of anilines is 1. The fourth-order valence-corrected chi connectivity index (χ4v) is 2.92. The van der Waals surface area contributed by atoms with E-state index in [1.54, 1.807) is 17.5 Å². The van der Waals surface area contributed by atoms with Crippen LogP contribution in [0, 0.1) is 0 Å². The maximum Gasteiger partial charge on any atom is 0.236 e. The highest BCUT2D eigenvalue weighted by atomic mass is 35.5. The number of hydrogen-bond acceptors (Lipinski definition) is 5. The third-order valence-electron chi connectivity index (χ3n) is 2.29. The van der Waals surface area contributed by atoms with Crippen molar-refractivity contribution in [2.24, 2.45) is 0 Å². The Balaban J connectivity index is 1.85. The lowest BCUT2D eigenvalue weighted by Crippen LogP contribution is -2.13. The van der Waals surface area contributed by atoms with Crippen LogP contribution in [0.25, 0.3) is 0 Å². The molecule has 0 aliphatic heterocycles. The minimum absolute atomic E-state index is 0.114. The number of ketones is 1. The summed E-state index contributed by atoms with van der Waals surface area (Å²) >= 11 is 8.43. The van der Waals surface area contributed by atoms with E-state index in [4.69, 9.17) is 11.6 Å². The molecule has 0 aliphatic rings. The first kappa shape index (κ1) is 15.0. The predicted octanol–water partition coefficient (Wildman–Crippen LogP) is 3.73. The molecule has 7 heteroatoms. The molecule has 1 aromatic heterocycles. The summed E-state index contributed by atoms with van der Waals surface area (Å²) < 4.78 is 0. The Labute approximate surface area is 129 Å². The van der Waals surface area contributed by atoms with Crippen LogP contribution in [0.1, 0.15) is 17.4 Å². The van der Waals surface area contributed by atoms with Crippen molar-refractivity contribution in [3.05, 3.63) is 40.4 Å². The first-order chi connectivity index (χ1) is 9.54. The van der Waals surface area contributed by atoms with E-state index >= 15 is 0 Å². The molecule has 0 bridgehead atoms. The molecule has 0 spiro atoms. The molecule has 2 rings (SSSR count). The molecular weight excluding hydrogens is 316 g/mol. The highest BCUT2D eigenvalue weighted by Crippen LogP contribution is 2.21. The van der Waals surface area contributed by atoms with E-state index in [1.807, 2.05) is 12.1 Å². The van der Waals surface area contributed by atoms with Gasteiger partial charge in [-0.15, -0.1) is 23.1 Å². The number of Topliss-reactive ketones (excluding diaryl/α,β-unsaturated/α-hetero) is 1. The molecule has 4 nitrogen and oxygen atoms in total. The van der Waals surface area contributed by atoms with E-state index in [9.17, 15) is 9.59 Å². The Morgan fingerprint density at radius 2 is 2.05 bits per heavy atom. The van der Waals surface area contributed by atoms with Crippen LogP contribution < -0.4 is 5.32 Å². The summed E-state index contributed by atoms with van der Waals surface area (Å²) in [4.78, 5) is 27.8. The van der Waals surface area contributed by atoms with Crippen molar-refractivity contribution in [3.8, 4) is 0 Å². The highest BCUT2D eigenvalue weighted by Gasteiger charge is 2.09. The zero-order valence-corrected chi connectivity index (χ0v) is 12.9. The molecule has 0 saturated heterocycles. The predicted molar refractivity (Wildman–Crippen MR) is 82.9 cm³/mol. The Hall–Kier alpha value is -1.37. The fraction of sp³-hybridized carbons (Fsp3) is 0.154. The summed E-state index contributed by atoms with van der Waals surface area (Å²) in [5.74, 6) is 0.00284. The minimum atomic E-state index is -0.158. The average Bonchev–Trinajstić information content (AvgIpc) is 2.87. The van der Waals surface area contributed by atoms with Gasteiger partial charge in [0.05, 0.1) is 5.75 Å². The lowest BCUT2D eigenvalue weighted by molar-refractivity contribution is -0.113. The van der Waals surface area contributed by atoms with Gasteiger partial charge in [-0.05, 0) is 24.3 Å². The number of hydrogen-bond donors (Lipinski definition) is 1. The maximum atomic E-state index is 11.8. The fourth-order valence-electron chi connectivity index (χ4n) is 1.33. The molecule has 0 aliphatic carbocycles. The largest absolute Gasteiger partial charge is 0.301 e. The quantitative estimate of drug-likeness (QED) is 0.672. The topological polar surface area (TPSA) is 59.1 Å². The number of rotatable bonds is 5. The Bertz CT molecular complexity index is 626. The van der Waals surface area contributed by atoms with Gasteiger partial charge in [-0.3, -0.25) is 9.59 Å². The van der Waals surface area contributed by atoms with E-state index < -0.39 is 0 Å². The van der Waals surface area contributed by atoms with Gasteiger partial charge in [0.15, 0.2) is 10.9 Å². The summed E-state index contributed by atoms with van der Waals surface area (Å²) in [6.45, 7) is 1.44. The van der Waals surface area contributed by atoms with Gasteiger partial charge in [0.1, 0.15) is 5.69 Å². The number of thiazole rings is 1. The lowest BCUT2D eigenvalue weighted by Gasteiger charge is -2.02. The third kappa shape index (κ3) is 4.33. The first-order valence-electron chi connectivity index (χ1n) is 5.69. The van der Waals surface area contributed by atoms with Gasteiger partial charge in [-0.2, -0.15) is 0 Å². The van der Waals surface area contributed by atoms with E-state index in [0.717, 1.165) is 4.90 Å². The number of carbonyl (C=O) groups excluding carboxylic acids is 2. The van der Waals surface area contributed by atoms with Crippen molar-refractivity contribution in [1.29, 1.82) is 0 Å². The van der Waals surface area contributed by atoms with Crippen molar-refractivity contribution in [1.82, 2.24) is 4.98 Å². The van der Waals surface area contributed by atoms with Crippen LogP contribution in [-0.4, -0.2) is 22.4 Å². The van der Waals surface area contributed by atoms with Crippen molar-refractivity contribution in [2.75, 3.05) is 11.1 Å². The highest BCUT2D eigenvalue weighted by molar-refractivity contribution is 8.00. The molecule has 20 heavy (non-hydrogen) atoms. The van der Waals surface area contributed by atoms with Crippen LogP contribution in [-0.2, 0) is 4.79 Å². The number of amides is 1. The standard InChI is InChI=1S/C13H11ClN2O2S2/c1-8(17)11-6-20-13(15-11)16-12(18)7-19-10-4-2-9(14)3-5-10/h2-6H,7H2,1H3,(H,15,16,18). The lowest BCUT2D eigenvalue weighted by atomic mass is 10.4. The van der Waals surface area contributed by atoms with Crippen LogP contribution >= 0.6 is 34.7 Å². The molecule has 2 aromatic rings. The van der Waals surface area contributed by atoms with Crippen LogP contribution in [0.3, 0.4) is 0 Å². The zero-order valence-electron chi connectivity index (χ0n) is 10.6. The summed E-state index contributed by atoms with van der Waals surface area (Å²) in [7, 11) is 0. The molecule has 0 radical (unpaired) electrons. The number of benzene rings is 1. The van der Waals surface area contributed by atoms with Crippen molar-refractivity contribution >= 4 is 51.5 Å². The molecule has 0 unspecified atom stereocenters.